The van der Waals surface area contributed by atoms with Gasteiger partial charge in [0.2, 0.25) is 0 Å². The molecule has 0 saturated carbocycles. The first-order valence-electron chi connectivity index (χ1n) is 15.0. The maximum Gasteiger partial charge on any atom is 0.516 e. The summed E-state index contributed by atoms with van der Waals surface area (Å²) in [5.41, 5.74) is 1.92. The number of esters is 1. The quantitative estimate of drug-likeness (QED) is 0.0987. The van der Waals surface area contributed by atoms with Crippen LogP contribution in [0.3, 0.4) is 0 Å². The van der Waals surface area contributed by atoms with Gasteiger partial charge in [0.25, 0.3) is 0 Å². The number of unbranched alkanes of at least 4 members (excludes halogenated alkanes) is 5. The Balaban J connectivity index is 1.78. The molecule has 0 atom stereocenters. The minimum absolute atomic E-state index is 0.254. The van der Waals surface area contributed by atoms with Gasteiger partial charge in [0.15, 0.2) is 0 Å². The van der Waals surface area contributed by atoms with Gasteiger partial charge in [0.05, 0.1) is 12.2 Å². The van der Waals surface area contributed by atoms with Gasteiger partial charge in [-0.1, -0.05) is 114 Å². The predicted molar refractivity (Wildman–Crippen MR) is 162 cm³/mol. The van der Waals surface area contributed by atoms with Crippen molar-refractivity contribution in [2.75, 3.05) is 6.61 Å². The predicted octanol–water partition coefficient (Wildman–Crippen LogP) is 10.2. The van der Waals surface area contributed by atoms with Gasteiger partial charge in [0.1, 0.15) is 17.7 Å². The highest BCUT2D eigenvalue weighted by molar-refractivity contribution is 5.98. The van der Waals surface area contributed by atoms with Crippen LogP contribution >= 0.6 is 0 Å². The van der Waals surface area contributed by atoms with E-state index < -0.39 is 17.9 Å². The van der Waals surface area contributed by atoms with E-state index in [1.54, 1.807) is 18.2 Å². The maximum atomic E-state index is 16.0. The molecule has 0 radical (unpaired) electrons. The Morgan fingerprint density at radius 1 is 0.732 bits per heavy atom. The molecule has 0 aliphatic rings. The Bertz CT molecular complexity index is 1220. The summed E-state index contributed by atoms with van der Waals surface area (Å²) in [6.07, 6.45) is 8.72. The summed E-state index contributed by atoms with van der Waals surface area (Å²) in [7, 11) is 0. The zero-order chi connectivity index (χ0) is 29.5. The Hall–Kier alpha value is -3.67. The molecule has 0 amide bonds. The lowest BCUT2D eigenvalue weighted by Gasteiger charge is -2.17. The van der Waals surface area contributed by atoms with Crippen LogP contribution in [0.2, 0.25) is 0 Å². The fourth-order valence-electron chi connectivity index (χ4n) is 4.86. The van der Waals surface area contributed by atoms with E-state index in [4.69, 9.17) is 14.2 Å². The summed E-state index contributed by atoms with van der Waals surface area (Å²) >= 11 is 0. The molecule has 6 heteroatoms. The fourth-order valence-corrected chi connectivity index (χ4v) is 4.86. The van der Waals surface area contributed by atoms with Crippen LogP contribution < -0.4 is 4.74 Å². The summed E-state index contributed by atoms with van der Waals surface area (Å²) in [5.74, 6) is -1.08. The molecule has 0 heterocycles. The molecule has 0 aromatic heterocycles. The van der Waals surface area contributed by atoms with Gasteiger partial charge in [-0.05, 0) is 54.2 Å². The van der Waals surface area contributed by atoms with Gasteiger partial charge in [-0.2, -0.15) is 0 Å². The Morgan fingerprint density at radius 3 is 2.05 bits per heavy atom. The Labute approximate surface area is 244 Å². The lowest BCUT2D eigenvalue weighted by molar-refractivity contribution is 0.0172. The molecular weight excluding hydrogens is 519 g/mol. The van der Waals surface area contributed by atoms with Gasteiger partial charge in [-0.25, -0.2) is 14.0 Å². The van der Waals surface area contributed by atoms with Crippen LogP contribution in [0.25, 0.3) is 22.3 Å². The van der Waals surface area contributed by atoms with Gasteiger partial charge in [0, 0.05) is 5.56 Å². The lowest BCUT2D eigenvalue weighted by atomic mass is 9.92. The minimum atomic E-state index is -1.11. The molecule has 0 aliphatic heterocycles. The second-order valence-corrected chi connectivity index (χ2v) is 10.3. The Kier molecular flexibility index (Phi) is 13.4. The maximum absolute atomic E-state index is 16.0. The van der Waals surface area contributed by atoms with E-state index in [9.17, 15) is 9.59 Å². The monoisotopic (exact) mass is 562 g/mol. The third-order valence-electron chi connectivity index (χ3n) is 7.02. The topological polar surface area (TPSA) is 61.8 Å². The average Bonchev–Trinajstić information content (AvgIpc) is 2.97. The SMILES string of the molecule is CCCCCCCCOc1ccc(-c2ccc(C(=O)OC(=O)OC(CCC)CCC)c(F)c2-c2ccccc2)cc1. The molecule has 5 nitrogen and oxygen atoms in total. The largest absolute Gasteiger partial charge is 0.516 e. The molecule has 0 unspecified atom stereocenters. The number of benzene rings is 3. The van der Waals surface area contributed by atoms with E-state index in [2.05, 4.69) is 6.92 Å². The van der Waals surface area contributed by atoms with Crippen LogP contribution in [0, 0.1) is 5.82 Å². The zero-order valence-corrected chi connectivity index (χ0v) is 24.6. The zero-order valence-electron chi connectivity index (χ0n) is 24.6. The molecule has 41 heavy (non-hydrogen) atoms. The molecule has 0 fully saturated rings. The molecule has 3 aromatic carbocycles. The first kappa shape index (κ1) is 31.9. The number of halogens is 1. The van der Waals surface area contributed by atoms with Crippen molar-refractivity contribution in [2.45, 2.75) is 91.1 Å². The number of hydrogen-bond donors (Lipinski definition) is 0. The highest BCUT2D eigenvalue weighted by Gasteiger charge is 2.25. The molecule has 3 aromatic rings. The van der Waals surface area contributed by atoms with Crippen LogP contribution in [0.15, 0.2) is 66.7 Å². The lowest BCUT2D eigenvalue weighted by Crippen LogP contribution is -2.22. The van der Waals surface area contributed by atoms with E-state index >= 15 is 4.39 Å². The molecule has 0 bridgehead atoms. The number of carbonyl (C=O) groups is 2. The van der Waals surface area contributed by atoms with Crippen molar-refractivity contribution in [3.05, 3.63) is 78.1 Å². The second-order valence-electron chi connectivity index (χ2n) is 10.3. The van der Waals surface area contributed by atoms with Crippen LogP contribution in [0.1, 0.15) is 95.3 Å². The minimum Gasteiger partial charge on any atom is -0.494 e. The standard InChI is InChI=1S/C35H43FO5/c1-4-7-8-9-10-14-25-39-28-21-19-26(20-22-28)30-23-24-31(33(36)32(30)27-17-12-11-13-18-27)34(37)41-35(38)40-29(15-5-2)16-6-3/h11-13,17-24,29H,4-10,14-16,25H2,1-3H3. The first-order valence-corrected chi connectivity index (χ1v) is 15.0. The van der Waals surface area contributed by atoms with E-state index in [1.807, 2.05) is 56.3 Å². The molecule has 3 rings (SSSR count). The number of hydrogen-bond acceptors (Lipinski definition) is 5. The Morgan fingerprint density at radius 2 is 1.39 bits per heavy atom. The van der Waals surface area contributed by atoms with Crippen molar-refractivity contribution in [1.29, 1.82) is 0 Å². The van der Waals surface area contributed by atoms with Crippen molar-refractivity contribution in [3.8, 4) is 28.0 Å². The molecule has 0 aliphatic carbocycles. The first-order chi connectivity index (χ1) is 20.0. The third kappa shape index (κ3) is 9.73. The molecular formula is C35H43FO5. The smallest absolute Gasteiger partial charge is 0.494 e. The normalized spacial score (nSPS) is 11.0. The van der Waals surface area contributed by atoms with E-state index in [0.717, 1.165) is 37.0 Å². The summed E-state index contributed by atoms with van der Waals surface area (Å²) in [5, 5.41) is 0. The van der Waals surface area contributed by atoms with Gasteiger partial charge >= 0.3 is 12.1 Å². The van der Waals surface area contributed by atoms with E-state index in [1.165, 1.54) is 31.7 Å². The number of carbonyl (C=O) groups excluding carboxylic acids is 2. The van der Waals surface area contributed by atoms with Crippen molar-refractivity contribution in [2.24, 2.45) is 0 Å². The highest BCUT2D eigenvalue weighted by Crippen LogP contribution is 2.36. The van der Waals surface area contributed by atoms with Crippen molar-refractivity contribution in [3.63, 3.8) is 0 Å². The third-order valence-corrected chi connectivity index (χ3v) is 7.02. The number of rotatable bonds is 16. The van der Waals surface area contributed by atoms with E-state index in [-0.39, 0.29) is 17.2 Å². The van der Waals surface area contributed by atoms with Crippen molar-refractivity contribution in [1.82, 2.24) is 0 Å². The van der Waals surface area contributed by atoms with Crippen LogP contribution in [-0.2, 0) is 9.47 Å². The van der Waals surface area contributed by atoms with Crippen LogP contribution in [-0.4, -0.2) is 24.8 Å². The fraction of sp³-hybridized carbons (Fsp3) is 0.429. The van der Waals surface area contributed by atoms with Crippen LogP contribution in [0.5, 0.6) is 5.75 Å². The summed E-state index contributed by atoms with van der Waals surface area (Å²) in [6.45, 7) is 6.85. The van der Waals surface area contributed by atoms with Gasteiger partial charge < -0.3 is 14.2 Å². The highest BCUT2D eigenvalue weighted by atomic mass is 19.1. The average molecular weight is 563 g/mol. The summed E-state index contributed by atoms with van der Waals surface area (Å²) < 4.78 is 32.2. The van der Waals surface area contributed by atoms with Crippen LogP contribution in [0.4, 0.5) is 9.18 Å². The van der Waals surface area contributed by atoms with Crippen molar-refractivity contribution >= 4 is 12.1 Å². The molecule has 0 N–H and O–H groups in total. The molecule has 0 saturated heterocycles. The van der Waals surface area contributed by atoms with Gasteiger partial charge in [-0.3, -0.25) is 0 Å². The summed E-state index contributed by atoms with van der Waals surface area (Å²) in [4.78, 5) is 25.2. The second kappa shape index (κ2) is 17.2. The molecule has 0 spiro atoms. The molecule has 220 valence electrons. The van der Waals surface area contributed by atoms with E-state index in [0.29, 0.717) is 30.6 Å². The summed E-state index contributed by atoms with van der Waals surface area (Å²) in [6, 6.07) is 19.6. The van der Waals surface area contributed by atoms with Gasteiger partial charge in [-0.15, -0.1) is 0 Å². The number of ether oxygens (including phenoxy) is 3. The van der Waals surface area contributed by atoms with Crippen molar-refractivity contribution < 1.29 is 28.2 Å².